The molecule has 102 valence electrons. The molecule has 0 radical (unpaired) electrons. The number of carbonyl (C=O) groups is 2. The van der Waals surface area contributed by atoms with Gasteiger partial charge >= 0.3 is 0 Å². The zero-order chi connectivity index (χ0) is 13.8. The summed E-state index contributed by atoms with van der Waals surface area (Å²) in [6.45, 7) is 4.86. The Hall–Kier alpha value is -1.75. The molecule has 1 saturated heterocycles. The highest BCUT2D eigenvalue weighted by Gasteiger charge is 2.23. The van der Waals surface area contributed by atoms with Gasteiger partial charge in [-0.05, 0) is 32.4 Å². The largest absolute Gasteiger partial charge is 0.381 e. The van der Waals surface area contributed by atoms with Gasteiger partial charge in [0.1, 0.15) is 0 Å². The molecule has 1 aromatic rings. The van der Waals surface area contributed by atoms with E-state index in [4.69, 9.17) is 4.74 Å². The maximum Gasteiger partial charge on any atom is 0.225 e. The molecule has 0 aromatic carbocycles. The van der Waals surface area contributed by atoms with Crippen LogP contribution in [-0.4, -0.2) is 29.9 Å². The summed E-state index contributed by atoms with van der Waals surface area (Å²) in [4.78, 5) is 27.4. The van der Waals surface area contributed by atoms with Gasteiger partial charge in [0.2, 0.25) is 5.91 Å². The summed E-state index contributed by atoms with van der Waals surface area (Å²) in [5.41, 5.74) is 2.08. The summed E-state index contributed by atoms with van der Waals surface area (Å²) in [6, 6.07) is 3.53. The summed E-state index contributed by atoms with van der Waals surface area (Å²) in [6.07, 6.45) is 0.779. The van der Waals surface area contributed by atoms with Crippen molar-refractivity contribution in [2.45, 2.75) is 26.8 Å². The molecule has 5 nitrogen and oxygen atoms in total. The standard InChI is InChI=1S/C14H18N2O3/c1-9-13(10(2)17)4-3-12(16-9)7-15-14(18)11-5-6-19-8-11/h3-4,11H,5-8H2,1-2H3,(H,15,18). The fourth-order valence-electron chi connectivity index (χ4n) is 2.15. The van der Waals surface area contributed by atoms with E-state index in [1.54, 1.807) is 19.1 Å². The molecular weight excluding hydrogens is 244 g/mol. The highest BCUT2D eigenvalue weighted by Crippen LogP contribution is 2.12. The molecule has 0 aliphatic carbocycles. The van der Waals surface area contributed by atoms with E-state index in [2.05, 4.69) is 10.3 Å². The molecule has 1 unspecified atom stereocenters. The number of hydrogen-bond acceptors (Lipinski definition) is 4. The summed E-state index contributed by atoms with van der Waals surface area (Å²) < 4.78 is 5.18. The Bertz CT molecular complexity index is 493. The van der Waals surface area contributed by atoms with Crippen LogP contribution in [0.5, 0.6) is 0 Å². The van der Waals surface area contributed by atoms with Crippen molar-refractivity contribution in [1.29, 1.82) is 0 Å². The third-order valence-corrected chi connectivity index (χ3v) is 3.27. The molecule has 19 heavy (non-hydrogen) atoms. The predicted octanol–water partition coefficient (Wildman–Crippen LogP) is 1.25. The lowest BCUT2D eigenvalue weighted by atomic mass is 10.1. The van der Waals surface area contributed by atoms with Crippen LogP contribution in [0.25, 0.3) is 0 Å². The van der Waals surface area contributed by atoms with Crippen LogP contribution in [0.3, 0.4) is 0 Å². The molecule has 1 atom stereocenters. The first-order valence-corrected chi connectivity index (χ1v) is 6.41. The Kier molecular flexibility index (Phi) is 4.27. The smallest absolute Gasteiger partial charge is 0.225 e. The van der Waals surface area contributed by atoms with E-state index in [-0.39, 0.29) is 17.6 Å². The predicted molar refractivity (Wildman–Crippen MR) is 69.8 cm³/mol. The topological polar surface area (TPSA) is 68.3 Å². The lowest BCUT2D eigenvalue weighted by molar-refractivity contribution is -0.125. The molecule has 0 bridgehead atoms. The lowest BCUT2D eigenvalue weighted by Crippen LogP contribution is -2.30. The highest BCUT2D eigenvalue weighted by molar-refractivity contribution is 5.95. The minimum atomic E-state index is -0.0439. The molecule has 1 amide bonds. The zero-order valence-corrected chi connectivity index (χ0v) is 11.2. The fraction of sp³-hybridized carbons (Fsp3) is 0.500. The Morgan fingerprint density at radius 2 is 2.26 bits per heavy atom. The van der Waals surface area contributed by atoms with Crippen LogP contribution in [0.15, 0.2) is 12.1 Å². The number of hydrogen-bond donors (Lipinski definition) is 1. The third kappa shape index (κ3) is 3.38. The number of rotatable bonds is 4. The van der Waals surface area contributed by atoms with Crippen molar-refractivity contribution in [2.24, 2.45) is 5.92 Å². The number of amides is 1. The van der Waals surface area contributed by atoms with E-state index >= 15 is 0 Å². The van der Waals surface area contributed by atoms with Crippen LogP contribution >= 0.6 is 0 Å². The number of aromatic nitrogens is 1. The van der Waals surface area contributed by atoms with Crippen LogP contribution in [0, 0.1) is 12.8 Å². The maximum atomic E-state index is 11.8. The maximum absolute atomic E-state index is 11.8. The summed E-state index contributed by atoms with van der Waals surface area (Å²) >= 11 is 0. The monoisotopic (exact) mass is 262 g/mol. The molecule has 0 saturated carbocycles. The van der Waals surface area contributed by atoms with Crippen molar-refractivity contribution in [3.8, 4) is 0 Å². The molecule has 1 fully saturated rings. The van der Waals surface area contributed by atoms with Crippen LogP contribution in [-0.2, 0) is 16.1 Å². The van der Waals surface area contributed by atoms with Gasteiger partial charge < -0.3 is 10.1 Å². The van der Waals surface area contributed by atoms with Crippen molar-refractivity contribution < 1.29 is 14.3 Å². The number of nitrogens with one attached hydrogen (secondary N) is 1. The first-order valence-electron chi connectivity index (χ1n) is 6.41. The molecule has 5 heteroatoms. The molecule has 1 aromatic heterocycles. The Morgan fingerprint density at radius 3 is 2.84 bits per heavy atom. The molecule has 2 rings (SSSR count). The third-order valence-electron chi connectivity index (χ3n) is 3.27. The van der Waals surface area contributed by atoms with Gasteiger partial charge in [0.05, 0.1) is 24.8 Å². The minimum absolute atomic E-state index is 0.00342. The van der Waals surface area contributed by atoms with Gasteiger partial charge in [-0.2, -0.15) is 0 Å². The Labute approximate surface area is 112 Å². The first kappa shape index (κ1) is 13.7. The quantitative estimate of drug-likeness (QED) is 0.829. The normalized spacial score (nSPS) is 18.3. The van der Waals surface area contributed by atoms with E-state index in [0.29, 0.717) is 31.0 Å². The van der Waals surface area contributed by atoms with Gasteiger partial charge in [0.15, 0.2) is 5.78 Å². The number of nitrogens with zero attached hydrogens (tertiary/aromatic N) is 1. The van der Waals surface area contributed by atoms with Crippen LogP contribution in [0.4, 0.5) is 0 Å². The summed E-state index contributed by atoms with van der Waals surface area (Å²) in [5, 5.41) is 2.85. The Balaban J connectivity index is 1.94. The number of ketones is 1. The van der Waals surface area contributed by atoms with E-state index in [9.17, 15) is 9.59 Å². The van der Waals surface area contributed by atoms with Gasteiger partial charge in [-0.15, -0.1) is 0 Å². The molecule has 0 spiro atoms. The van der Waals surface area contributed by atoms with E-state index in [1.807, 2.05) is 0 Å². The van der Waals surface area contributed by atoms with Crippen LogP contribution < -0.4 is 5.32 Å². The average molecular weight is 262 g/mol. The van der Waals surface area contributed by atoms with Crippen LogP contribution in [0.2, 0.25) is 0 Å². The van der Waals surface area contributed by atoms with Crippen LogP contribution in [0.1, 0.15) is 35.1 Å². The number of Topliss-reactive ketones (excluding diaryl/α,β-unsaturated/α-hetero) is 1. The minimum Gasteiger partial charge on any atom is -0.381 e. The molecule has 1 aliphatic rings. The van der Waals surface area contributed by atoms with Gasteiger partial charge in [-0.1, -0.05) is 0 Å². The highest BCUT2D eigenvalue weighted by atomic mass is 16.5. The molecule has 1 aliphatic heterocycles. The molecule has 2 heterocycles. The van der Waals surface area contributed by atoms with Gasteiger partial charge in [-0.25, -0.2) is 0 Å². The van der Waals surface area contributed by atoms with Crippen molar-refractivity contribution in [3.63, 3.8) is 0 Å². The fourth-order valence-corrected chi connectivity index (χ4v) is 2.15. The summed E-state index contributed by atoms with van der Waals surface area (Å²) in [7, 11) is 0. The second kappa shape index (κ2) is 5.93. The molecular formula is C14H18N2O3. The van der Waals surface area contributed by atoms with Gasteiger partial charge in [0.25, 0.3) is 0 Å². The second-order valence-corrected chi connectivity index (χ2v) is 4.77. The number of pyridine rings is 1. The van der Waals surface area contributed by atoms with Crippen molar-refractivity contribution in [2.75, 3.05) is 13.2 Å². The van der Waals surface area contributed by atoms with Gasteiger partial charge in [-0.3, -0.25) is 14.6 Å². The van der Waals surface area contributed by atoms with Crippen molar-refractivity contribution >= 4 is 11.7 Å². The Morgan fingerprint density at radius 1 is 1.47 bits per heavy atom. The number of ether oxygens (including phenoxy) is 1. The van der Waals surface area contributed by atoms with E-state index < -0.39 is 0 Å². The second-order valence-electron chi connectivity index (χ2n) is 4.77. The average Bonchev–Trinajstić information content (AvgIpc) is 2.89. The SMILES string of the molecule is CC(=O)c1ccc(CNC(=O)C2CCOC2)nc1C. The van der Waals surface area contributed by atoms with Crippen molar-refractivity contribution in [3.05, 3.63) is 29.1 Å². The van der Waals surface area contributed by atoms with Gasteiger partial charge in [0, 0.05) is 17.9 Å². The van der Waals surface area contributed by atoms with E-state index in [0.717, 1.165) is 12.1 Å². The zero-order valence-electron chi connectivity index (χ0n) is 11.2. The molecule has 1 N–H and O–H groups in total. The summed E-state index contributed by atoms with van der Waals surface area (Å²) in [5.74, 6) is -0.0334. The van der Waals surface area contributed by atoms with Crippen molar-refractivity contribution in [1.82, 2.24) is 10.3 Å². The van der Waals surface area contributed by atoms with E-state index in [1.165, 1.54) is 6.92 Å². The number of carbonyl (C=O) groups excluding carboxylic acids is 2. The lowest BCUT2D eigenvalue weighted by Gasteiger charge is -2.10. The number of aryl methyl sites for hydroxylation is 1. The first-order chi connectivity index (χ1) is 9.08.